The third kappa shape index (κ3) is 2.97. The lowest BCUT2D eigenvalue weighted by atomic mass is 10.2. The fourth-order valence-electron chi connectivity index (χ4n) is 1.88. The molecule has 3 rings (SSSR count). The van der Waals surface area contributed by atoms with E-state index in [2.05, 4.69) is 25.7 Å². The Hall–Kier alpha value is -2.54. The van der Waals surface area contributed by atoms with Crippen molar-refractivity contribution in [2.24, 2.45) is 0 Å². The lowest BCUT2D eigenvalue weighted by Crippen LogP contribution is -2.22. The first-order chi connectivity index (χ1) is 10.2. The van der Waals surface area contributed by atoms with E-state index < -0.39 is 0 Å². The molecule has 0 spiro atoms. The third-order valence-corrected chi connectivity index (χ3v) is 4.11. The summed E-state index contributed by atoms with van der Waals surface area (Å²) in [5, 5.41) is 13.8. The fourth-order valence-corrected chi connectivity index (χ4v) is 2.82. The molecule has 0 fully saturated rings. The minimum absolute atomic E-state index is 0.122. The largest absolute Gasteiger partial charge is 0.347 e. The van der Waals surface area contributed by atoms with E-state index in [1.807, 2.05) is 37.3 Å². The van der Waals surface area contributed by atoms with E-state index in [0.29, 0.717) is 27.8 Å². The van der Waals surface area contributed by atoms with Crippen molar-refractivity contribution in [3.8, 4) is 10.7 Å². The molecule has 2 aromatic heterocycles. The predicted octanol–water partition coefficient (Wildman–Crippen LogP) is 2.17. The Balaban J connectivity index is 1.73. The number of H-pyrrole nitrogens is 1. The van der Waals surface area contributed by atoms with E-state index >= 15 is 0 Å². The number of thiazole rings is 1. The van der Waals surface area contributed by atoms with Crippen LogP contribution in [0.15, 0.2) is 36.5 Å². The average molecular weight is 299 g/mol. The number of hydrogen-bond donors (Lipinski definition) is 2. The lowest BCUT2D eigenvalue weighted by molar-refractivity contribution is 0.0954. The van der Waals surface area contributed by atoms with E-state index in [1.54, 1.807) is 6.20 Å². The van der Waals surface area contributed by atoms with Crippen molar-refractivity contribution in [2.45, 2.75) is 13.5 Å². The van der Waals surface area contributed by atoms with Gasteiger partial charge in [0.1, 0.15) is 15.6 Å². The van der Waals surface area contributed by atoms with Gasteiger partial charge in [-0.2, -0.15) is 15.4 Å². The molecule has 3 aromatic rings. The quantitative estimate of drug-likeness (QED) is 0.773. The van der Waals surface area contributed by atoms with Gasteiger partial charge in [0.15, 0.2) is 0 Å². The van der Waals surface area contributed by atoms with Crippen LogP contribution in [0.5, 0.6) is 0 Å². The number of carbonyl (C=O) groups is 1. The normalized spacial score (nSPS) is 10.5. The third-order valence-electron chi connectivity index (χ3n) is 2.93. The molecule has 6 nitrogen and oxygen atoms in total. The van der Waals surface area contributed by atoms with Gasteiger partial charge in [-0.3, -0.25) is 4.79 Å². The summed E-state index contributed by atoms with van der Waals surface area (Å²) in [4.78, 5) is 17.2. The molecular formula is C14H13N5OS. The Kier molecular flexibility index (Phi) is 3.74. The topological polar surface area (TPSA) is 83.6 Å². The number of aromatic amines is 1. The molecule has 0 radical (unpaired) electrons. The van der Waals surface area contributed by atoms with Gasteiger partial charge in [0.05, 0.1) is 11.9 Å². The standard InChI is InChI=1S/C14H13N5OS/c1-9-12(21-14(17-9)11-8-16-19-18-11)13(20)15-7-10-5-3-2-4-6-10/h2-6,8H,7H2,1H3,(H,15,20)(H,16,18,19). The maximum absolute atomic E-state index is 12.2. The van der Waals surface area contributed by atoms with Gasteiger partial charge >= 0.3 is 0 Å². The van der Waals surface area contributed by atoms with Gasteiger partial charge in [0.25, 0.3) is 5.91 Å². The van der Waals surface area contributed by atoms with Crippen molar-refractivity contribution in [2.75, 3.05) is 0 Å². The summed E-state index contributed by atoms with van der Waals surface area (Å²) in [5.74, 6) is -0.122. The zero-order chi connectivity index (χ0) is 14.7. The second-order valence-electron chi connectivity index (χ2n) is 4.46. The Morgan fingerprint density at radius 1 is 1.33 bits per heavy atom. The Labute approximate surface area is 125 Å². The summed E-state index contributed by atoms with van der Waals surface area (Å²) >= 11 is 1.31. The van der Waals surface area contributed by atoms with Crippen LogP contribution in [-0.4, -0.2) is 26.3 Å². The van der Waals surface area contributed by atoms with Crippen LogP contribution in [0.2, 0.25) is 0 Å². The highest BCUT2D eigenvalue weighted by atomic mass is 32.1. The van der Waals surface area contributed by atoms with E-state index in [-0.39, 0.29) is 5.91 Å². The number of hydrogen-bond acceptors (Lipinski definition) is 5. The highest BCUT2D eigenvalue weighted by Gasteiger charge is 2.17. The van der Waals surface area contributed by atoms with Crippen LogP contribution in [-0.2, 0) is 6.54 Å². The van der Waals surface area contributed by atoms with E-state index in [1.165, 1.54) is 11.3 Å². The van der Waals surface area contributed by atoms with Crippen molar-refractivity contribution in [3.63, 3.8) is 0 Å². The second-order valence-corrected chi connectivity index (χ2v) is 5.46. The predicted molar refractivity (Wildman–Crippen MR) is 79.8 cm³/mol. The minimum Gasteiger partial charge on any atom is -0.347 e. The summed E-state index contributed by atoms with van der Waals surface area (Å²) in [7, 11) is 0. The lowest BCUT2D eigenvalue weighted by Gasteiger charge is -2.03. The van der Waals surface area contributed by atoms with Crippen molar-refractivity contribution in [1.82, 2.24) is 25.7 Å². The molecule has 0 aliphatic carbocycles. The number of nitrogens with zero attached hydrogens (tertiary/aromatic N) is 3. The number of carbonyl (C=O) groups excluding carboxylic acids is 1. The molecule has 1 amide bonds. The van der Waals surface area contributed by atoms with Crippen LogP contribution in [0.1, 0.15) is 20.9 Å². The van der Waals surface area contributed by atoms with Gasteiger partial charge in [-0.25, -0.2) is 4.98 Å². The number of benzene rings is 1. The van der Waals surface area contributed by atoms with Gasteiger partial charge in [0.2, 0.25) is 0 Å². The van der Waals surface area contributed by atoms with E-state index in [9.17, 15) is 4.79 Å². The molecule has 0 aliphatic heterocycles. The number of amides is 1. The summed E-state index contributed by atoms with van der Waals surface area (Å²) in [6.45, 7) is 2.31. The smallest absolute Gasteiger partial charge is 0.263 e. The Bertz CT molecular complexity index is 736. The number of nitrogens with one attached hydrogen (secondary N) is 2. The molecule has 21 heavy (non-hydrogen) atoms. The van der Waals surface area contributed by atoms with Gasteiger partial charge in [-0.15, -0.1) is 11.3 Å². The first-order valence-electron chi connectivity index (χ1n) is 6.40. The summed E-state index contributed by atoms with van der Waals surface area (Å²) < 4.78 is 0. The van der Waals surface area contributed by atoms with Crippen molar-refractivity contribution in [3.05, 3.63) is 52.7 Å². The van der Waals surface area contributed by atoms with Crippen molar-refractivity contribution in [1.29, 1.82) is 0 Å². The molecule has 2 N–H and O–H groups in total. The van der Waals surface area contributed by atoms with Gasteiger partial charge in [-0.1, -0.05) is 30.3 Å². The maximum atomic E-state index is 12.2. The first-order valence-corrected chi connectivity index (χ1v) is 7.21. The van der Waals surface area contributed by atoms with Gasteiger partial charge in [0, 0.05) is 6.54 Å². The van der Waals surface area contributed by atoms with Crippen LogP contribution < -0.4 is 5.32 Å². The molecule has 0 saturated carbocycles. The molecule has 106 valence electrons. The van der Waals surface area contributed by atoms with E-state index in [0.717, 1.165) is 5.56 Å². The van der Waals surface area contributed by atoms with Crippen LogP contribution >= 0.6 is 11.3 Å². The Morgan fingerprint density at radius 3 is 2.86 bits per heavy atom. The highest BCUT2D eigenvalue weighted by Crippen LogP contribution is 2.25. The average Bonchev–Trinajstić information content (AvgIpc) is 3.15. The SMILES string of the molecule is Cc1nc(-c2cn[nH]n2)sc1C(=O)NCc1ccccc1. The molecule has 7 heteroatoms. The molecule has 0 atom stereocenters. The monoisotopic (exact) mass is 299 g/mol. The van der Waals surface area contributed by atoms with Crippen LogP contribution in [0.4, 0.5) is 0 Å². The number of aromatic nitrogens is 4. The zero-order valence-corrected chi connectivity index (χ0v) is 12.1. The first kappa shape index (κ1) is 13.4. The van der Waals surface area contributed by atoms with Crippen LogP contribution in [0.25, 0.3) is 10.7 Å². The zero-order valence-electron chi connectivity index (χ0n) is 11.3. The molecule has 0 saturated heterocycles. The molecular weight excluding hydrogens is 286 g/mol. The van der Waals surface area contributed by atoms with E-state index in [4.69, 9.17) is 0 Å². The number of aryl methyl sites for hydroxylation is 1. The molecule has 1 aromatic carbocycles. The highest BCUT2D eigenvalue weighted by molar-refractivity contribution is 7.17. The summed E-state index contributed by atoms with van der Waals surface area (Å²) in [6, 6.07) is 9.79. The molecule has 0 aliphatic rings. The Morgan fingerprint density at radius 2 is 2.14 bits per heavy atom. The molecule has 2 heterocycles. The summed E-state index contributed by atoms with van der Waals surface area (Å²) in [6.07, 6.45) is 1.59. The van der Waals surface area contributed by atoms with Gasteiger partial charge < -0.3 is 5.32 Å². The maximum Gasteiger partial charge on any atom is 0.263 e. The van der Waals surface area contributed by atoms with Crippen LogP contribution in [0, 0.1) is 6.92 Å². The molecule has 0 bridgehead atoms. The fraction of sp³-hybridized carbons (Fsp3) is 0.143. The summed E-state index contributed by atoms with van der Waals surface area (Å²) in [5.41, 5.74) is 2.40. The second kappa shape index (κ2) is 5.84. The number of rotatable bonds is 4. The van der Waals surface area contributed by atoms with Gasteiger partial charge in [-0.05, 0) is 12.5 Å². The van der Waals surface area contributed by atoms with Crippen molar-refractivity contribution < 1.29 is 4.79 Å². The minimum atomic E-state index is -0.122. The molecule has 0 unspecified atom stereocenters. The van der Waals surface area contributed by atoms with Crippen molar-refractivity contribution >= 4 is 17.2 Å². The van der Waals surface area contributed by atoms with Crippen LogP contribution in [0.3, 0.4) is 0 Å².